The van der Waals surface area contributed by atoms with Crippen LogP contribution < -0.4 is 0 Å². The van der Waals surface area contributed by atoms with E-state index in [0.717, 1.165) is 36.4 Å². The molecule has 3 rings (SSSR count). The lowest BCUT2D eigenvalue weighted by atomic mass is 9.87. The van der Waals surface area contributed by atoms with E-state index in [1.807, 2.05) is 48.2 Å². The Bertz CT molecular complexity index is 652. The van der Waals surface area contributed by atoms with Crippen LogP contribution in [0, 0.1) is 19.8 Å². The summed E-state index contributed by atoms with van der Waals surface area (Å²) in [6.45, 7) is 5.55. The third-order valence-electron chi connectivity index (χ3n) is 4.79. The molecule has 0 radical (unpaired) electrons. The Morgan fingerprint density at radius 3 is 2.43 bits per heavy atom. The third-order valence-corrected chi connectivity index (χ3v) is 5.93. The van der Waals surface area contributed by atoms with Crippen molar-refractivity contribution in [1.82, 2.24) is 4.90 Å². The molecule has 1 atom stereocenters. The van der Waals surface area contributed by atoms with Gasteiger partial charge >= 0.3 is 0 Å². The number of carbonyl (C=O) groups is 1. The molecule has 4 heteroatoms. The predicted molar refractivity (Wildman–Crippen MR) is 93.8 cm³/mol. The van der Waals surface area contributed by atoms with Crippen LogP contribution in [0.2, 0.25) is 0 Å². The molecule has 1 aliphatic heterocycles. The molecule has 1 amide bonds. The van der Waals surface area contributed by atoms with Gasteiger partial charge in [0, 0.05) is 18.0 Å². The highest BCUT2D eigenvalue weighted by Crippen LogP contribution is 2.31. The van der Waals surface area contributed by atoms with Crippen molar-refractivity contribution in [3.63, 3.8) is 0 Å². The SMILES string of the molecule is Cc1cc(C(=O)N2CCC(C(O)c3ccccc3)CC2)sc1C. The van der Waals surface area contributed by atoms with Crippen molar-refractivity contribution >= 4 is 17.2 Å². The molecule has 1 aliphatic rings. The van der Waals surface area contributed by atoms with Crippen molar-refractivity contribution in [3.8, 4) is 0 Å². The summed E-state index contributed by atoms with van der Waals surface area (Å²) in [5.74, 6) is 0.368. The Kier molecular flexibility index (Phi) is 4.83. The van der Waals surface area contributed by atoms with Gasteiger partial charge in [0.2, 0.25) is 0 Å². The van der Waals surface area contributed by atoms with Crippen LogP contribution in [0.1, 0.15) is 44.6 Å². The van der Waals surface area contributed by atoms with Crippen LogP contribution in [0.4, 0.5) is 0 Å². The maximum atomic E-state index is 12.6. The third kappa shape index (κ3) is 3.48. The molecule has 1 aromatic heterocycles. The second-order valence-corrected chi connectivity index (χ2v) is 7.59. The zero-order valence-corrected chi connectivity index (χ0v) is 14.5. The fraction of sp³-hybridized carbons (Fsp3) is 0.421. The number of amides is 1. The fourth-order valence-electron chi connectivity index (χ4n) is 3.18. The van der Waals surface area contributed by atoms with Gasteiger partial charge in [-0.3, -0.25) is 4.79 Å². The van der Waals surface area contributed by atoms with E-state index in [4.69, 9.17) is 0 Å². The average Bonchev–Trinajstić information content (AvgIpc) is 2.93. The Morgan fingerprint density at radius 2 is 1.87 bits per heavy atom. The molecule has 23 heavy (non-hydrogen) atoms. The highest BCUT2D eigenvalue weighted by atomic mass is 32.1. The minimum Gasteiger partial charge on any atom is -0.388 e. The number of aryl methyl sites for hydroxylation is 2. The summed E-state index contributed by atoms with van der Waals surface area (Å²) in [4.78, 5) is 16.6. The van der Waals surface area contributed by atoms with Gasteiger partial charge in [0.15, 0.2) is 0 Å². The Morgan fingerprint density at radius 1 is 1.22 bits per heavy atom. The van der Waals surface area contributed by atoms with Gasteiger partial charge < -0.3 is 10.0 Å². The van der Waals surface area contributed by atoms with Crippen LogP contribution in [0.25, 0.3) is 0 Å². The van der Waals surface area contributed by atoms with Gasteiger partial charge in [0.05, 0.1) is 11.0 Å². The molecule has 1 saturated heterocycles. The van der Waals surface area contributed by atoms with E-state index in [2.05, 4.69) is 6.92 Å². The van der Waals surface area contributed by atoms with Crippen LogP contribution in [-0.4, -0.2) is 29.0 Å². The number of carbonyl (C=O) groups excluding carboxylic acids is 1. The van der Waals surface area contributed by atoms with Crippen molar-refractivity contribution in [2.45, 2.75) is 32.8 Å². The number of benzene rings is 1. The summed E-state index contributed by atoms with van der Waals surface area (Å²) in [6, 6.07) is 11.8. The fourth-order valence-corrected chi connectivity index (χ4v) is 4.18. The molecule has 2 heterocycles. The highest BCUT2D eigenvalue weighted by Gasteiger charge is 2.29. The average molecular weight is 329 g/mol. The molecule has 0 aliphatic carbocycles. The van der Waals surface area contributed by atoms with Crippen molar-refractivity contribution < 1.29 is 9.90 Å². The topological polar surface area (TPSA) is 40.5 Å². The zero-order valence-electron chi connectivity index (χ0n) is 13.7. The first-order valence-electron chi connectivity index (χ1n) is 8.15. The molecule has 1 unspecified atom stereocenters. The largest absolute Gasteiger partial charge is 0.388 e. The molecule has 122 valence electrons. The quantitative estimate of drug-likeness (QED) is 0.926. The van der Waals surface area contributed by atoms with Crippen molar-refractivity contribution in [2.24, 2.45) is 5.92 Å². The van der Waals surface area contributed by atoms with E-state index < -0.39 is 6.10 Å². The van der Waals surface area contributed by atoms with E-state index >= 15 is 0 Å². The molecule has 2 aromatic rings. The van der Waals surface area contributed by atoms with Gasteiger partial charge in [-0.1, -0.05) is 30.3 Å². The van der Waals surface area contributed by atoms with Crippen LogP contribution in [0.5, 0.6) is 0 Å². The van der Waals surface area contributed by atoms with Crippen molar-refractivity contribution in [3.05, 3.63) is 57.3 Å². The van der Waals surface area contributed by atoms with E-state index in [1.54, 1.807) is 11.3 Å². The number of piperidine rings is 1. The summed E-state index contributed by atoms with van der Waals surface area (Å²) in [6.07, 6.45) is 1.27. The first-order chi connectivity index (χ1) is 11.1. The standard InChI is InChI=1S/C19H23NO2S/c1-13-12-17(23-14(13)2)19(22)20-10-8-16(9-11-20)18(21)15-6-4-3-5-7-15/h3-7,12,16,18,21H,8-11H2,1-2H3. The molecule has 3 nitrogen and oxygen atoms in total. The zero-order chi connectivity index (χ0) is 16.4. The summed E-state index contributed by atoms with van der Waals surface area (Å²) in [5, 5.41) is 10.5. The first-order valence-corrected chi connectivity index (χ1v) is 8.97. The van der Waals surface area contributed by atoms with E-state index in [0.29, 0.717) is 0 Å². The normalized spacial score (nSPS) is 17.3. The second kappa shape index (κ2) is 6.85. The summed E-state index contributed by atoms with van der Waals surface area (Å²) in [5.41, 5.74) is 2.16. The lowest BCUT2D eigenvalue weighted by molar-refractivity contribution is 0.0465. The van der Waals surface area contributed by atoms with Crippen molar-refractivity contribution in [2.75, 3.05) is 13.1 Å². The Labute approximate surface area is 141 Å². The van der Waals surface area contributed by atoms with Crippen LogP contribution in [0.15, 0.2) is 36.4 Å². The van der Waals surface area contributed by atoms with Crippen LogP contribution in [0.3, 0.4) is 0 Å². The van der Waals surface area contributed by atoms with Crippen molar-refractivity contribution in [1.29, 1.82) is 0 Å². The number of thiophene rings is 1. The monoisotopic (exact) mass is 329 g/mol. The molecule has 1 N–H and O–H groups in total. The summed E-state index contributed by atoms with van der Waals surface area (Å²) >= 11 is 1.58. The first kappa shape index (κ1) is 16.2. The predicted octanol–water partition coefficient (Wildman–Crippen LogP) is 3.95. The van der Waals surface area contributed by atoms with E-state index in [1.165, 1.54) is 10.4 Å². The number of nitrogens with zero attached hydrogens (tertiary/aromatic N) is 1. The number of aliphatic hydroxyl groups is 1. The molecular weight excluding hydrogens is 306 g/mol. The maximum absolute atomic E-state index is 12.6. The number of likely N-dealkylation sites (tertiary alicyclic amines) is 1. The highest BCUT2D eigenvalue weighted by molar-refractivity contribution is 7.14. The maximum Gasteiger partial charge on any atom is 0.263 e. The van der Waals surface area contributed by atoms with Gasteiger partial charge in [-0.05, 0) is 49.8 Å². The number of hydrogen-bond donors (Lipinski definition) is 1. The molecule has 0 spiro atoms. The molecule has 0 saturated carbocycles. The lowest BCUT2D eigenvalue weighted by Crippen LogP contribution is -2.39. The minimum absolute atomic E-state index is 0.138. The Hall–Kier alpha value is -1.65. The lowest BCUT2D eigenvalue weighted by Gasteiger charge is -2.34. The number of aliphatic hydroxyl groups excluding tert-OH is 1. The summed E-state index contributed by atoms with van der Waals surface area (Å²) in [7, 11) is 0. The van der Waals surface area contributed by atoms with E-state index in [9.17, 15) is 9.90 Å². The summed E-state index contributed by atoms with van der Waals surface area (Å²) < 4.78 is 0. The second-order valence-electron chi connectivity index (χ2n) is 6.34. The molecule has 0 bridgehead atoms. The molecular formula is C19H23NO2S. The smallest absolute Gasteiger partial charge is 0.263 e. The van der Waals surface area contributed by atoms with Gasteiger partial charge in [-0.15, -0.1) is 11.3 Å². The van der Waals surface area contributed by atoms with Crippen LogP contribution >= 0.6 is 11.3 Å². The van der Waals surface area contributed by atoms with Gasteiger partial charge in [-0.2, -0.15) is 0 Å². The van der Waals surface area contributed by atoms with Gasteiger partial charge in [-0.25, -0.2) is 0 Å². The molecule has 1 aromatic carbocycles. The van der Waals surface area contributed by atoms with E-state index in [-0.39, 0.29) is 11.8 Å². The minimum atomic E-state index is -0.431. The number of hydrogen-bond acceptors (Lipinski definition) is 3. The van der Waals surface area contributed by atoms with Gasteiger partial charge in [0.1, 0.15) is 0 Å². The molecule has 1 fully saturated rings. The number of rotatable bonds is 3. The van der Waals surface area contributed by atoms with Crippen LogP contribution in [-0.2, 0) is 0 Å². The Balaban J connectivity index is 1.61. The van der Waals surface area contributed by atoms with Gasteiger partial charge in [0.25, 0.3) is 5.91 Å².